The maximum Gasteiger partial charge on any atom is 0.257 e. The molecule has 1 amide bonds. The van der Waals surface area contributed by atoms with Gasteiger partial charge in [0.05, 0.1) is 6.61 Å². The second kappa shape index (κ2) is 6.60. The van der Waals surface area contributed by atoms with Crippen LogP contribution in [0, 0.1) is 0 Å². The molecule has 1 aromatic carbocycles. The monoisotopic (exact) mass is 326 g/mol. The molecule has 0 aliphatic heterocycles. The molecule has 6 nitrogen and oxygen atoms in total. The van der Waals surface area contributed by atoms with E-state index < -0.39 is 5.91 Å². The first kappa shape index (κ1) is 15.3. The van der Waals surface area contributed by atoms with E-state index in [0.717, 1.165) is 0 Å². The molecule has 0 atom stereocenters. The van der Waals surface area contributed by atoms with Gasteiger partial charge in [-0.3, -0.25) is 4.79 Å². The average Bonchev–Trinajstić information content (AvgIpc) is 2.43. The number of aromatic nitrogens is 2. The molecule has 0 unspecified atom stereocenters. The number of rotatable bonds is 4. The number of nitrogens with zero attached hydrogens (tertiary/aromatic N) is 2. The van der Waals surface area contributed by atoms with Gasteiger partial charge in [0.2, 0.25) is 0 Å². The van der Waals surface area contributed by atoms with Crippen LogP contribution in [-0.2, 0) is 0 Å². The van der Waals surface area contributed by atoms with Crippen LogP contribution in [0.15, 0.2) is 24.5 Å². The highest BCUT2D eigenvalue weighted by Gasteiger charge is 2.13. The zero-order chi connectivity index (χ0) is 15.4. The number of nitrogens with one attached hydrogen (secondary N) is 1. The van der Waals surface area contributed by atoms with Gasteiger partial charge in [0.25, 0.3) is 5.91 Å². The summed E-state index contributed by atoms with van der Waals surface area (Å²) in [5.41, 5.74) is 6.48. The molecule has 21 heavy (non-hydrogen) atoms. The van der Waals surface area contributed by atoms with E-state index in [-0.39, 0.29) is 16.0 Å². The summed E-state index contributed by atoms with van der Waals surface area (Å²) in [6.07, 6.45) is 1.20. The van der Waals surface area contributed by atoms with E-state index in [2.05, 4.69) is 15.3 Å². The fourth-order valence-electron chi connectivity index (χ4n) is 1.62. The van der Waals surface area contributed by atoms with Crippen LogP contribution in [0.5, 0.6) is 5.75 Å². The molecule has 0 saturated carbocycles. The van der Waals surface area contributed by atoms with Crippen LogP contribution in [0.4, 0.5) is 11.5 Å². The van der Waals surface area contributed by atoms with Crippen molar-refractivity contribution in [1.82, 2.24) is 9.97 Å². The standard InChI is InChI=1S/C13H12Cl2N4O2/c1-2-21-9-4-7(3-8(16)5-9)13(20)19-12-10(14)11(15)17-6-18-12/h3-6H,2,16H2,1H3,(H,17,18,19,20). The number of hydrogen-bond donors (Lipinski definition) is 2. The molecule has 2 aromatic rings. The smallest absolute Gasteiger partial charge is 0.257 e. The number of hydrogen-bond acceptors (Lipinski definition) is 5. The highest BCUT2D eigenvalue weighted by Crippen LogP contribution is 2.26. The molecule has 110 valence electrons. The van der Waals surface area contributed by atoms with Crippen molar-refractivity contribution in [3.8, 4) is 5.75 Å². The quantitative estimate of drug-likeness (QED) is 0.665. The van der Waals surface area contributed by atoms with Crippen LogP contribution >= 0.6 is 23.2 Å². The number of benzene rings is 1. The number of nitrogen functional groups attached to an aromatic ring is 1. The van der Waals surface area contributed by atoms with Crippen molar-refractivity contribution < 1.29 is 9.53 Å². The summed E-state index contributed by atoms with van der Waals surface area (Å²) in [5, 5.41) is 2.68. The van der Waals surface area contributed by atoms with E-state index in [1.807, 2.05) is 6.92 Å². The number of carbonyl (C=O) groups excluding carboxylic acids is 1. The SMILES string of the molecule is CCOc1cc(N)cc(C(=O)Nc2ncnc(Cl)c2Cl)c1. The third-order valence-electron chi connectivity index (χ3n) is 2.48. The Balaban J connectivity index is 2.26. The lowest BCUT2D eigenvalue weighted by atomic mass is 10.1. The minimum absolute atomic E-state index is 0.0598. The number of anilines is 2. The van der Waals surface area contributed by atoms with Crippen molar-refractivity contribution in [2.45, 2.75) is 6.92 Å². The van der Waals surface area contributed by atoms with Gasteiger partial charge in [0.15, 0.2) is 11.0 Å². The van der Waals surface area contributed by atoms with Gasteiger partial charge in [-0.2, -0.15) is 0 Å². The second-order valence-corrected chi connectivity index (χ2v) is 4.74. The van der Waals surface area contributed by atoms with Crippen molar-refractivity contribution >= 4 is 40.6 Å². The Bertz CT molecular complexity index is 679. The van der Waals surface area contributed by atoms with E-state index in [1.54, 1.807) is 12.1 Å². The third kappa shape index (κ3) is 3.74. The maximum atomic E-state index is 12.2. The Morgan fingerprint density at radius 2 is 2.10 bits per heavy atom. The van der Waals surface area contributed by atoms with Crippen molar-refractivity contribution in [3.63, 3.8) is 0 Å². The second-order valence-electron chi connectivity index (χ2n) is 4.00. The van der Waals surface area contributed by atoms with E-state index in [1.165, 1.54) is 12.4 Å². The van der Waals surface area contributed by atoms with Crippen LogP contribution in [0.2, 0.25) is 10.2 Å². The summed E-state index contributed by atoms with van der Waals surface area (Å²) in [5.74, 6) is 0.205. The highest BCUT2D eigenvalue weighted by atomic mass is 35.5. The molecule has 8 heteroatoms. The van der Waals surface area contributed by atoms with Gasteiger partial charge in [-0.15, -0.1) is 0 Å². The lowest BCUT2D eigenvalue weighted by Gasteiger charge is -2.09. The molecule has 1 heterocycles. The molecule has 0 bridgehead atoms. The molecular formula is C13H12Cl2N4O2. The molecule has 0 radical (unpaired) electrons. The zero-order valence-electron chi connectivity index (χ0n) is 11.1. The first-order chi connectivity index (χ1) is 10.0. The normalized spacial score (nSPS) is 10.2. The largest absolute Gasteiger partial charge is 0.494 e. The maximum absolute atomic E-state index is 12.2. The Labute approximate surface area is 131 Å². The van der Waals surface area contributed by atoms with Crippen molar-refractivity contribution in [1.29, 1.82) is 0 Å². The Morgan fingerprint density at radius 3 is 2.81 bits per heavy atom. The summed E-state index contributed by atoms with van der Waals surface area (Å²) >= 11 is 11.7. The van der Waals surface area contributed by atoms with Gasteiger partial charge in [-0.05, 0) is 19.1 Å². The van der Waals surface area contributed by atoms with E-state index in [0.29, 0.717) is 23.6 Å². The molecule has 0 saturated heterocycles. The van der Waals surface area contributed by atoms with Crippen molar-refractivity contribution in [2.75, 3.05) is 17.7 Å². The minimum Gasteiger partial charge on any atom is -0.494 e. The third-order valence-corrected chi connectivity index (χ3v) is 3.22. The van der Waals surface area contributed by atoms with Gasteiger partial charge in [0.1, 0.15) is 17.1 Å². The van der Waals surface area contributed by atoms with Gasteiger partial charge in [-0.1, -0.05) is 23.2 Å². The predicted octanol–water partition coefficient (Wildman–Crippen LogP) is 3.02. The van der Waals surface area contributed by atoms with Crippen LogP contribution in [0.25, 0.3) is 0 Å². The summed E-state index contributed by atoms with van der Waals surface area (Å²) in [6, 6.07) is 4.73. The number of halogens is 2. The average molecular weight is 327 g/mol. The number of amides is 1. The molecule has 0 aliphatic rings. The van der Waals surface area contributed by atoms with E-state index in [4.69, 9.17) is 33.7 Å². The zero-order valence-corrected chi connectivity index (χ0v) is 12.6. The molecule has 1 aromatic heterocycles. The Kier molecular flexibility index (Phi) is 4.82. The van der Waals surface area contributed by atoms with E-state index >= 15 is 0 Å². The van der Waals surface area contributed by atoms with Crippen molar-refractivity contribution in [2.24, 2.45) is 0 Å². The molecule has 3 N–H and O–H groups in total. The predicted molar refractivity (Wildman–Crippen MR) is 82.0 cm³/mol. The van der Waals surface area contributed by atoms with Crippen LogP contribution in [-0.4, -0.2) is 22.5 Å². The van der Waals surface area contributed by atoms with Crippen LogP contribution in [0.3, 0.4) is 0 Å². The molecular weight excluding hydrogens is 315 g/mol. The first-order valence-corrected chi connectivity index (χ1v) is 6.77. The van der Waals surface area contributed by atoms with Gasteiger partial charge in [-0.25, -0.2) is 9.97 Å². The number of carbonyl (C=O) groups is 1. The summed E-state index contributed by atoms with van der Waals surface area (Å²) in [7, 11) is 0. The molecule has 0 fully saturated rings. The summed E-state index contributed by atoms with van der Waals surface area (Å²) in [4.78, 5) is 19.8. The molecule has 0 aliphatic carbocycles. The van der Waals surface area contributed by atoms with Crippen molar-refractivity contribution in [3.05, 3.63) is 40.3 Å². The molecule has 0 spiro atoms. The lowest BCUT2D eigenvalue weighted by Crippen LogP contribution is -2.14. The fourth-order valence-corrected chi connectivity index (χ4v) is 1.90. The topological polar surface area (TPSA) is 90.1 Å². The molecule has 2 rings (SSSR count). The fraction of sp³-hybridized carbons (Fsp3) is 0.154. The van der Waals surface area contributed by atoms with Crippen LogP contribution < -0.4 is 15.8 Å². The van der Waals surface area contributed by atoms with Gasteiger partial charge in [0, 0.05) is 17.3 Å². The lowest BCUT2D eigenvalue weighted by molar-refractivity contribution is 0.102. The number of ether oxygens (including phenoxy) is 1. The van der Waals surface area contributed by atoms with E-state index in [9.17, 15) is 4.79 Å². The van der Waals surface area contributed by atoms with Gasteiger partial charge < -0.3 is 15.8 Å². The first-order valence-electron chi connectivity index (χ1n) is 6.02. The summed E-state index contributed by atoms with van der Waals surface area (Å²) in [6.45, 7) is 2.31. The Hall–Kier alpha value is -2.05. The van der Waals surface area contributed by atoms with Gasteiger partial charge >= 0.3 is 0 Å². The van der Waals surface area contributed by atoms with Crippen LogP contribution in [0.1, 0.15) is 17.3 Å². The number of nitrogens with two attached hydrogens (primary N) is 1. The summed E-state index contributed by atoms with van der Waals surface area (Å²) < 4.78 is 5.34. The Morgan fingerprint density at radius 1 is 1.33 bits per heavy atom. The highest BCUT2D eigenvalue weighted by molar-refractivity contribution is 6.43. The minimum atomic E-state index is -0.431.